The summed E-state index contributed by atoms with van der Waals surface area (Å²) in [6.45, 7) is 0.298. The van der Waals surface area contributed by atoms with E-state index < -0.39 is 5.97 Å². The first-order chi connectivity index (χ1) is 14.1. The number of hydrogen-bond acceptors (Lipinski definition) is 4. The molecule has 0 bridgehead atoms. The van der Waals surface area contributed by atoms with Crippen molar-refractivity contribution in [3.05, 3.63) is 94.8 Å². The normalized spacial score (nSPS) is 11.6. The lowest BCUT2D eigenvalue weighted by Crippen LogP contribution is -2.01. The fourth-order valence-corrected chi connectivity index (χ4v) is 2.98. The monoisotopic (exact) mass is 405 g/mol. The molecule has 6 heteroatoms. The van der Waals surface area contributed by atoms with Gasteiger partial charge in [0.2, 0.25) is 0 Å². The number of nitrogens with zero attached hydrogens (tertiary/aromatic N) is 1. The summed E-state index contributed by atoms with van der Waals surface area (Å²) in [7, 11) is 0. The minimum Gasteiger partial charge on any atom is -0.487 e. The molecule has 0 saturated heterocycles. The van der Waals surface area contributed by atoms with Gasteiger partial charge in [-0.15, -0.1) is 0 Å². The molecule has 5 nitrogen and oxygen atoms in total. The van der Waals surface area contributed by atoms with Crippen molar-refractivity contribution in [1.82, 2.24) is 4.98 Å². The molecule has 0 fully saturated rings. The first-order valence-electron chi connectivity index (χ1n) is 8.85. The molecule has 0 radical (unpaired) electrons. The van der Waals surface area contributed by atoms with Gasteiger partial charge in [-0.3, -0.25) is 0 Å². The summed E-state index contributed by atoms with van der Waals surface area (Å²) in [5.41, 5.74) is 3.81. The van der Waals surface area contributed by atoms with Crippen molar-refractivity contribution in [3.8, 4) is 5.75 Å². The number of hydrogen-bond donors (Lipinski definition) is 1. The average molecular weight is 406 g/mol. The van der Waals surface area contributed by atoms with Crippen LogP contribution in [0.4, 0.5) is 0 Å². The molecule has 2 aromatic carbocycles. The maximum absolute atomic E-state index is 11.7. The highest BCUT2D eigenvalue weighted by molar-refractivity contribution is 6.30. The number of ether oxygens (including phenoxy) is 1. The van der Waals surface area contributed by atoms with Crippen molar-refractivity contribution in [3.63, 3.8) is 0 Å². The summed E-state index contributed by atoms with van der Waals surface area (Å²) in [4.78, 5) is 16.2. The van der Waals surface area contributed by atoms with Crippen LogP contribution in [0.3, 0.4) is 0 Å². The van der Waals surface area contributed by atoms with Gasteiger partial charge in [0.1, 0.15) is 17.9 Å². The average Bonchev–Trinajstić information content (AvgIpc) is 3.20. The summed E-state index contributed by atoms with van der Waals surface area (Å²) in [6, 6.07) is 19.4. The highest BCUT2D eigenvalue weighted by Gasteiger charge is 2.11. The van der Waals surface area contributed by atoms with E-state index in [9.17, 15) is 9.90 Å². The molecule has 2 heterocycles. The maximum Gasteiger partial charge on any atom is 0.336 e. The van der Waals surface area contributed by atoms with Crippen molar-refractivity contribution >= 4 is 40.3 Å². The zero-order valence-corrected chi connectivity index (χ0v) is 16.0. The Kier molecular flexibility index (Phi) is 5.31. The zero-order valence-electron chi connectivity index (χ0n) is 15.2. The third kappa shape index (κ3) is 4.47. The second kappa shape index (κ2) is 8.20. The quantitative estimate of drug-likeness (QED) is 0.329. The van der Waals surface area contributed by atoms with Gasteiger partial charge in [-0.05, 0) is 53.6 Å². The predicted molar refractivity (Wildman–Crippen MR) is 112 cm³/mol. The van der Waals surface area contributed by atoms with Crippen molar-refractivity contribution in [2.75, 3.05) is 0 Å². The first kappa shape index (κ1) is 18.8. The van der Waals surface area contributed by atoms with Gasteiger partial charge in [0.25, 0.3) is 0 Å². The Hall–Kier alpha value is -3.57. The van der Waals surface area contributed by atoms with Gasteiger partial charge in [-0.1, -0.05) is 35.9 Å². The number of aromatic nitrogens is 1. The van der Waals surface area contributed by atoms with Gasteiger partial charge in [0, 0.05) is 11.1 Å². The van der Waals surface area contributed by atoms with E-state index in [0.29, 0.717) is 22.9 Å². The Morgan fingerprint density at radius 3 is 2.52 bits per heavy atom. The molecular formula is C23H16ClNO4. The number of carbonyl (C=O) groups is 1. The van der Waals surface area contributed by atoms with E-state index >= 15 is 0 Å². The van der Waals surface area contributed by atoms with E-state index in [1.807, 2.05) is 12.1 Å². The summed E-state index contributed by atoms with van der Waals surface area (Å²) in [5.74, 6) is -0.384. The van der Waals surface area contributed by atoms with Crippen molar-refractivity contribution in [2.45, 2.75) is 6.61 Å². The van der Waals surface area contributed by atoms with Crippen molar-refractivity contribution < 1.29 is 19.1 Å². The van der Waals surface area contributed by atoms with E-state index in [1.54, 1.807) is 66.9 Å². The molecule has 29 heavy (non-hydrogen) atoms. The van der Waals surface area contributed by atoms with Crippen molar-refractivity contribution in [2.24, 2.45) is 0 Å². The standard InChI is InChI=1S/C23H16ClNO4/c24-17-5-1-15(2-6-17)13-20(23(26)27)16-3-8-19(9-4-16)29-14-18-7-10-22-21(25-18)11-12-28-22/h1-13H,14H2,(H,26,27)/b20-13+. The molecule has 0 saturated carbocycles. The highest BCUT2D eigenvalue weighted by Crippen LogP contribution is 2.23. The van der Waals surface area contributed by atoms with E-state index in [1.165, 1.54) is 0 Å². The lowest BCUT2D eigenvalue weighted by molar-refractivity contribution is -0.130. The Balaban J connectivity index is 1.49. The van der Waals surface area contributed by atoms with E-state index in [4.69, 9.17) is 20.8 Å². The van der Waals surface area contributed by atoms with Crippen LogP contribution in [0.15, 0.2) is 77.4 Å². The predicted octanol–water partition coefficient (Wildman–Crippen LogP) is 5.69. The largest absolute Gasteiger partial charge is 0.487 e. The number of furan rings is 1. The minimum atomic E-state index is -1.01. The summed E-state index contributed by atoms with van der Waals surface area (Å²) >= 11 is 5.88. The van der Waals surface area contributed by atoms with Crippen LogP contribution in [-0.4, -0.2) is 16.1 Å². The molecule has 144 valence electrons. The smallest absolute Gasteiger partial charge is 0.336 e. The van der Waals surface area contributed by atoms with Crippen LogP contribution >= 0.6 is 11.6 Å². The summed E-state index contributed by atoms with van der Waals surface area (Å²) < 4.78 is 11.0. The van der Waals surface area contributed by atoms with Gasteiger partial charge >= 0.3 is 5.97 Å². The SMILES string of the molecule is O=C(O)/C(=C/c1ccc(Cl)cc1)c1ccc(OCc2ccc3occc3n2)cc1. The molecule has 0 unspecified atom stereocenters. The zero-order chi connectivity index (χ0) is 20.2. The molecular weight excluding hydrogens is 390 g/mol. The fourth-order valence-electron chi connectivity index (χ4n) is 2.86. The molecule has 0 aliphatic rings. The second-order valence-corrected chi connectivity index (χ2v) is 6.77. The number of aliphatic carboxylic acids is 1. The van der Waals surface area contributed by atoms with E-state index in [-0.39, 0.29) is 5.57 Å². The third-order valence-corrected chi connectivity index (χ3v) is 4.58. The number of fused-ring (bicyclic) bond motifs is 1. The lowest BCUT2D eigenvalue weighted by atomic mass is 10.0. The van der Waals surface area contributed by atoms with Crippen LogP contribution in [0.1, 0.15) is 16.8 Å². The van der Waals surface area contributed by atoms with Gasteiger partial charge < -0.3 is 14.3 Å². The molecule has 0 spiro atoms. The number of halogens is 1. The molecule has 2 aromatic heterocycles. The van der Waals surface area contributed by atoms with Gasteiger partial charge in [-0.2, -0.15) is 0 Å². The fraction of sp³-hybridized carbons (Fsp3) is 0.0435. The van der Waals surface area contributed by atoms with Crippen LogP contribution in [0.2, 0.25) is 5.02 Å². The van der Waals surface area contributed by atoms with Crippen LogP contribution in [0.25, 0.3) is 22.7 Å². The number of carboxylic acids is 1. The van der Waals surface area contributed by atoms with Gasteiger partial charge in [-0.25, -0.2) is 9.78 Å². The van der Waals surface area contributed by atoms with Crippen LogP contribution < -0.4 is 4.74 Å². The maximum atomic E-state index is 11.7. The van der Waals surface area contributed by atoms with Crippen LogP contribution in [-0.2, 0) is 11.4 Å². The van der Waals surface area contributed by atoms with Gasteiger partial charge in [0.15, 0.2) is 5.58 Å². The third-order valence-electron chi connectivity index (χ3n) is 4.33. The van der Waals surface area contributed by atoms with Crippen molar-refractivity contribution in [1.29, 1.82) is 0 Å². The molecule has 0 atom stereocenters. The molecule has 4 rings (SSSR count). The van der Waals surface area contributed by atoms with E-state index in [0.717, 1.165) is 22.4 Å². The van der Waals surface area contributed by atoms with Gasteiger partial charge in [0.05, 0.1) is 17.5 Å². The summed E-state index contributed by atoms with van der Waals surface area (Å²) in [5, 5.41) is 10.2. The lowest BCUT2D eigenvalue weighted by Gasteiger charge is -2.08. The minimum absolute atomic E-state index is 0.186. The summed E-state index contributed by atoms with van der Waals surface area (Å²) in [6.07, 6.45) is 3.21. The topological polar surface area (TPSA) is 72.6 Å². The first-order valence-corrected chi connectivity index (χ1v) is 9.23. The number of benzene rings is 2. The Labute approximate surface area is 171 Å². The molecule has 0 amide bonds. The highest BCUT2D eigenvalue weighted by atomic mass is 35.5. The molecule has 0 aliphatic heterocycles. The number of pyridine rings is 1. The molecule has 0 aliphatic carbocycles. The Morgan fingerprint density at radius 1 is 1.03 bits per heavy atom. The molecule has 4 aromatic rings. The van der Waals surface area contributed by atoms with Crippen LogP contribution in [0.5, 0.6) is 5.75 Å². The number of rotatable bonds is 6. The van der Waals surface area contributed by atoms with Crippen LogP contribution in [0, 0.1) is 0 Å². The van der Waals surface area contributed by atoms with E-state index in [2.05, 4.69) is 4.98 Å². The Bertz CT molecular complexity index is 1180. The second-order valence-electron chi connectivity index (χ2n) is 6.33. The molecule has 1 N–H and O–H groups in total. The number of carboxylic acid groups (broad SMARTS) is 1. The Morgan fingerprint density at radius 2 is 1.79 bits per heavy atom.